The lowest BCUT2D eigenvalue weighted by Crippen LogP contribution is -2.35. The molecule has 3 heterocycles. The zero-order chi connectivity index (χ0) is 21.5. The van der Waals surface area contributed by atoms with Crippen molar-refractivity contribution in [3.63, 3.8) is 0 Å². The first kappa shape index (κ1) is 22.2. The molecule has 0 atom stereocenters. The first-order valence-electron chi connectivity index (χ1n) is 12.0. The number of rotatable bonds is 5. The van der Waals surface area contributed by atoms with Crippen molar-refractivity contribution in [2.24, 2.45) is 0 Å². The van der Waals surface area contributed by atoms with Gasteiger partial charge in [-0.3, -0.25) is 9.69 Å². The third-order valence-electron chi connectivity index (χ3n) is 7.56. The first-order valence-corrected chi connectivity index (χ1v) is 12.0. The number of nitrogens with zero attached hydrogens (tertiary/aromatic N) is 2. The number of likely N-dealkylation sites (tertiary alicyclic amines) is 1. The van der Waals surface area contributed by atoms with Gasteiger partial charge in [-0.15, -0.1) is 12.4 Å². The Kier molecular flexibility index (Phi) is 6.07. The second-order valence-corrected chi connectivity index (χ2v) is 9.65. The fourth-order valence-electron chi connectivity index (χ4n) is 5.53. The molecule has 2 aromatic carbocycles. The molecule has 0 spiro atoms. The normalized spacial score (nSPS) is 19.1. The van der Waals surface area contributed by atoms with Gasteiger partial charge in [0.15, 0.2) is 0 Å². The van der Waals surface area contributed by atoms with E-state index in [9.17, 15) is 4.79 Å². The molecule has 1 aromatic heterocycles. The van der Waals surface area contributed by atoms with Crippen LogP contribution in [0.5, 0.6) is 0 Å². The van der Waals surface area contributed by atoms with Gasteiger partial charge < -0.3 is 9.32 Å². The Morgan fingerprint density at radius 2 is 1.61 bits per heavy atom. The van der Waals surface area contributed by atoms with E-state index < -0.39 is 0 Å². The monoisotopic (exact) mass is 462 g/mol. The Morgan fingerprint density at radius 1 is 0.909 bits per heavy atom. The van der Waals surface area contributed by atoms with Crippen LogP contribution in [0.25, 0.3) is 0 Å². The van der Waals surface area contributed by atoms with Gasteiger partial charge in [0.1, 0.15) is 11.5 Å². The Bertz CT molecular complexity index is 1110. The average molecular weight is 463 g/mol. The van der Waals surface area contributed by atoms with E-state index in [2.05, 4.69) is 53.4 Å². The van der Waals surface area contributed by atoms with Gasteiger partial charge in [-0.25, -0.2) is 0 Å². The van der Waals surface area contributed by atoms with Crippen LogP contribution in [0.3, 0.4) is 0 Å². The quantitative estimate of drug-likeness (QED) is 0.497. The number of carbonyl (C=O) groups excluding carboxylic acids is 1. The van der Waals surface area contributed by atoms with Gasteiger partial charge in [0, 0.05) is 17.5 Å². The molecule has 2 aliphatic heterocycles. The smallest absolute Gasteiger partial charge is 0.254 e. The van der Waals surface area contributed by atoms with Crippen LogP contribution in [-0.2, 0) is 24.9 Å². The summed E-state index contributed by atoms with van der Waals surface area (Å²) in [6, 6.07) is 21.3. The second-order valence-electron chi connectivity index (χ2n) is 9.65. The minimum atomic E-state index is 0. The highest BCUT2D eigenvalue weighted by molar-refractivity contribution is 5.94. The minimum absolute atomic E-state index is 0. The van der Waals surface area contributed by atoms with Crippen molar-refractivity contribution in [1.29, 1.82) is 0 Å². The summed E-state index contributed by atoms with van der Waals surface area (Å²) in [7, 11) is 0. The summed E-state index contributed by atoms with van der Waals surface area (Å²) in [5.41, 5.74) is 4.88. The van der Waals surface area contributed by atoms with Crippen molar-refractivity contribution >= 4 is 18.3 Å². The number of fused-ring (bicyclic) bond motifs is 1. The SMILES string of the molecule is Cl.O=C(c1ccc(C2(c3ccccc3)CC2)cc1)N1CCc2cc(CN3CCCC3)oc2C1. The molecular weight excluding hydrogens is 432 g/mol. The molecule has 1 aliphatic carbocycles. The number of furan rings is 1. The van der Waals surface area contributed by atoms with E-state index in [0.29, 0.717) is 6.54 Å². The molecule has 172 valence electrons. The maximum atomic E-state index is 13.2. The molecular formula is C28H31ClN2O2. The molecule has 1 saturated carbocycles. The molecule has 33 heavy (non-hydrogen) atoms. The van der Waals surface area contributed by atoms with E-state index in [-0.39, 0.29) is 23.7 Å². The highest BCUT2D eigenvalue weighted by atomic mass is 35.5. The highest BCUT2D eigenvalue weighted by Gasteiger charge is 2.45. The first-order chi connectivity index (χ1) is 15.7. The molecule has 4 nitrogen and oxygen atoms in total. The predicted octanol–water partition coefficient (Wildman–Crippen LogP) is 5.58. The Hall–Kier alpha value is -2.56. The second kappa shape index (κ2) is 9.00. The molecule has 1 saturated heterocycles. The maximum absolute atomic E-state index is 13.2. The van der Waals surface area contributed by atoms with Crippen LogP contribution >= 0.6 is 12.4 Å². The van der Waals surface area contributed by atoms with Crippen molar-refractivity contribution < 1.29 is 9.21 Å². The Labute approximate surface area is 202 Å². The lowest BCUT2D eigenvalue weighted by Gasteiger charge is -2.26. The van der Waals surface area contributed by atoms with Gasteiger partial charge in [-0.2, -0.15) is 0 Å². The van der Waals surface area contributed by atoms with Crippen molar-refractivity contribution in [1.82, 2.24) is 9.80 Å². The fourth-order valence-corrected chi connectivity index (χ4v) is 5.53. The minimum Gasteiger partial charge on any atom is -0.463 e. The van der Waals surface area contributed by atoms with E-state index in [1.165, 1.54) is 42.4 Å². The lowest BCUT2D eigenvalue weighted by atomic mass is 9.87. The number of carbonyl (C=O) groups is 1. The zero-order valence-corrected chi connectivity index (χ0v) is 19.8. The predicted molar refractivity (Wildman–Crippen MR) is 132 cm³/mol. The molecule has 0 radical (unpaired) electrons. The van der Waals surface area contributed by atoms with Crippen molar-refractivity contribution in [3.05, 3.63) is 94.4 Å². The molecule has 0 bridgehead atoms. The van der Waals surface area contributed by atoms with Crippen molar-refractivity contribution in [3.8, 4) is 0 Å². The molecule has 2 fully saturated rings. The number of hydrogen-bond donors (Lipinski definition) is 0. The standard InChI is InChI=1S/C28H30N2O2.ClH/c31-27(21-8-10-24(11-9-21)28(13-14-28)23-6-2-1-3-7-23)30-17-12-22-18-25(32-26(22)20-30)19-29-15-4-5-16-29;/h1-3,6-11,18H,4-5,12-17,19-20H2;1H. The van der Waals surface area contributed by atoms with Crippen LogP contribution in [0.2, 0.25) is 0 Å². The summed E-state index contributed by atoms with van der Waals surface area (Å²) >= 11 is 0. The molecule has 3 aromatic rings. The van der Waals surface area contributed by atoms with E-state index in [1.807, 2.05) is 17.0 Å². The van der Waals surface area contributed by atoms with E-state index in [0.717, 1.165) is 49.7 Å². The van der Waals surface area contributed by atoms with Crippen molar-refractivity contribution in [2.75, 3.05) is 19.6 Å². The number of amides is 1. The summed E-state index contributed by atoms with van der Waals surface area (Å²) in [4.78, 5) is 17.6. The topological polar surface area (TPSA) is 36.7 Å². The van der Waals surface area contributed by atoms with Crippen LogP contribution in [0.4, 0.5) is 0 Å². The lowest BCUT2D eigenvalue weighted by molar-refractivity contribution is 0.0718. The number of halogens is 1. The Morgan fingerprint density at radius 3 is 2.30 bits per heavy atom. The van der Waals surface area contributed by atoms with Gasteiger partial charge >= 0.3 is 0 Å². The number of benzene rings is 2. The van der Waals surface area contributed by atoms with Crippen molar-refractivity contribution in [2.45, 2.75) is 50.6 Å². The van der Waals surface area contributed by atoms with Gasteiger partial charge in [-0.05, 0) is 80.1 Å². The largest absolute Gasteiger partial charge is 0.463 e. The zero-order valence-electron chi connectivity index (χ0n) is 19.0. The third kappa shape index (κ3) is 4.22. The molecule has 1 amide bonds. The van der Waals surface area contributed by atoms with Crippen LogP contribution in [0.1, 0.15) is 64.3 Å². The fraction of sp³-hybridized carbons (Fsp3) is 0.393. The third-order valence-corrected chi connectivity index (χ3v) is 7.56. The van der Waals surface area contributed by atoms with Crippen LogP contribution in [-0.4, -0.2) is 35.3 Å². The summed E-state index contributed by atoms with van der Waals surface area (Å²) in [6.45, 7) is 4.55. The summed E-state index contributed by atoms with van der Waals surface area (Å²) < 4.78 is 6.17. The van der Waals surface area contributed by atoms with Gasteiger partial charge in [0.2, 0.25) is 0 Å². The molecule has 0 N–H and O–H groups in total. The highest BCUT2D eigenvalue weighted by Crippen LogP contribution is 2.53. The van der Waals surface area contributed by atoms with Crippen LogP contribution in [0, 0.1) is 0 Å². The molecule has 5 heteroatoms. The van der Waals surface area contributed by atoms with E-state index in [4.69, 9.17) is 4.42 Å². The van der Waals surface area contributed by atoms with Gasteiger partial charge in [0.05, 0.1) is 13.1 Å². The molecule has 3 aliphatic rings. The van der Waals surface area contributed by atoms with E-state index >= 15 is 0 Å². The summed E-state index contributed by atoms with van der Waals surface area (Å²) in [6.07, 6.45) is 5.80. The summed E-state index contributed by atoms with van der Waals surface area (Å²) in [5.74, 6) is 2.12. The van der Waals surface area contributed by atoms with Crippen LogP contribution in [0.15, 0.2) is 65.1 Å². The van der Waals surface area contributed by atoms with Gasteiger partial charge in [-0.1, -0.05) is 42.5 Å². The number of hydrogen-bond acceptors (Lipinski definition) is 3. The molecule has 6 rings (SSSR count). The van der Waals surface area contributed by atoms with E-state index in [1.54, 1.807) is 0 Å². The maximum Gasteiger partial charge on any atom is 0.254 e. The van der Waals surface area contributed by atoms with Gasteiger partial charge in [0.25, 0.3) is 5.91 Å². The Balaban J connectivity index is 0.00000228. The molecule has 0 unspecified atom stereocenters. The van der Waals surface area contributed by atoms with Crippen LogP contribution < -0.4 is 0 Å². The summed E-state index contributed by atoms with van der Waals surface area (Å²) in [5, 5.41) is 0. The average Bonchev–Trinajstić information content (AvgIpc) is 3.30.